The first-order valence-corrected chi connectivity index (χ1v) is 8.98. The van der Waals surface area contributed by atoms with Gasteiger partial charge in [0.15, 0.2) is 0 Å². The van der Waals surface area contributed by atoms with E-state index < -0.39 is 0 Å². The van der Waals surface area contributed by atoms with Gasteiger partial charge in [0, 0.05) is 21.0 Å². The third-order valence-corrected chi connectivity index (χ3v) is 5.59. The van der Waals surface area contributed by atoms with Gasteiger partial charge in [0.1, 0.15) is 0 Å². The van der Waals surface area contributed by atoms with Crippen LogP contribution in [-0.2, 0) is 0 Å². The molecule has 110 valence electrons. The molecule has 1 atom stereocenters. The number of hydrogen-bond donors (Lipinski definition) is 1. The summed E-state index contributed by atoms with van der Waals surface area (Å²) in [5.74, 6) is 0.710. The molecule has 3 heteroatoms. The first kappa shape index (κ1) is 15.3. The van der Waals surface area contributed by atoms with E-state index in [4.69, 9.17) is 0 Å². The average Bonchev–Trinajstić information content (AvgIpc) is 2.44. The number of nitrogens with one attached hydrogen (secondary N) is 1. The van der Waals surface area contributed by atoms with Crippen LogP contribution in [0.1, 0.15) is 42.9 Å². The van der Waals surface area contributed by atoms with Gasteiger partial charge in [-0.25, -0.2) is 0 Å². The number of rotatable bonds is 4. The molecule has 0 bridgehead atoms. The normalized spacial score (nSPS) is 22.6. The molecule has 2 aromatic carbocycles. The first-order chi connectivity index (χ1) is 10.1. The Bertz CT molecular complexity index is 603. The van der Waals surface area contributed by atoms with Crippen molar-refractivity contribution in [3.05, 3.63) is 68.6 Å². The lowest BCUT2D eigenvalue weighted by Crippen LogP contribution is -2.41. The lowest BCUT2D eigenvalue weighted by atomic mass is 9.75. The highest BCUT2D eigenvalue weighted by Crippen LogP contribution is 2.38. The van der Waals surface area contributed by atoms with Crippen molar-refractivity contribution < 1.29 is 0 Å². The Morgan fingerprint density at radius 2 is 1.67 bits per heavy atom. The molecule has 2 aromatic rings. The lowest BCUT2D eigenvalue weighted by Gasteiger charge is -2.38. The van der Waals surface area contributed by atoms with Crippen molar-refractivity contribution in [1.29, 1.82) is 0 Å². The average molecular weight is 409 g/mol. The minimum atomic E-state index is 0.386. The maximum absolute atomic E-state index is 3.75. The third-order valence-electron chi connectivity index (χ3n) is 4.34. The van der Waals surface area contributed by atoms with Crippen LogP contribution in [-0.4, -0.2) is 6.04 Å². The van der Waals surface area contributed by atoms with Crippen LogP contribution in [0.3, 0.4) is 0 Å². The van der Waals surface area contributed by atoms with E-state index in [9.17, 15) is 0 Å². The molecule has 1 fully saturated rings. The van der Waals surface area contributed by atoms with Gasteiger partial charge in [0.25, 0.3) is 0 Å². The smallest absolute Gasteiger partial charge is 0.0305 e. The zero-order chi connectivity index (χ0) is 14.8. The van der Waals surface area contributed by atoms with Crippen molar-refractivity contribution >= 4 is 31.9 Å². The molecule has 0 aromatic heterocycles. The summed E-state index contributed by atoms with van der Waals surface area (Å²) in [6.07, 6.45) is 2.47. The van der Waals surface area contributed by atoms with Crippen LogP contribution >= 0.6 is 31.9 Å². The third kappa shape index (κ3) is 3.58. The largest absolute Gasteiger partial charge is 0.307 e. The Balaban J connectivity index is 1.55. The number of hydrogen-bond acceptors (Lipinski definition) is 1. The van der Waals surface area contributed by atoms with Crippen molar-refractivity contribution in [2.45, 2.75) is 37.8 Å². The molecule has 0 radical (unpaired) electrons. The minimum Gasteiger partial charge on any atom is -0.307 e. The second kappa shape index (κ2) is 6.64. The van der Waals surface area contributed by atoms with Gasteiger partial charge in [-0.05, 0) is 55.0 Å². The topological polar surface area (TPSA) is 12.0 Å². The van der Waals surface area contributed by atoms with Crippen molar-refractivity contribution in [2.24, 2.45) is 0 Å². The van der Waals surface area contributed by atoms with Gasteiger partial charge >= 0.3 is 0 Å². The summed E-state index contributed by atoms with van der Waals surface area (Å²) < 4.78 is 2.34. The predicted octanol–water partition coefficient (Wildman–Crippen LogP) is 5.81. The maximum atomic E-state index is 3.75. The molecule has 1 unspecified atom stereocenters. The number of halogens is 2. The molecule has 0 spiro atoms. The Hall–Kier alpha value is -0.640. The van der Waals surface area contributed by atoms with Crippen LogP contribution in [0.4, 0.5) is 0 Å². The molecule has 1 aliphatic rings. The zero-order valence-corrected chi connectivity index (χ0v) is 15.2. The second-order valence-corrected chi connectivity index (χ2v) is 7.60. The molecule has 0 amide bonds. The van der Waals surface area contributed by atoms with Crippen LogP contribution in [0.5, 0.6) is 0 Å². The molecule has 1 nitrogen and oxygen atoms in total. The van der Waals surface area contributed by atoms with E-state index >= 15 is 0 Å². The van der Waals surface area contributed by atoms with Crippen molar-refractivity contribution in [1.82, 2.24) is 5.32 Å². The molecule has 0 aliphatic heterocycles. The highest BCUT2D eigenvalue weighted by molar-refractivity contribution is 9.10. The predicted molar refractivity (Wildman–Crippen MR) is 95.6 cm³/mol. The van der Waals surface area contributed by atoms with E-state index in [1.54, 1.807) is 0 Å². The van der Waals surface area contributed by atoms with Gasteiger partial charge in [0.2, 0.25) is 0 Å². The highest BCUT2D eigenvalue weighted by atomic mass is 79.9. The van der Waals surface area contributed by atoms with E-state index in [0.29, 0.717) is 18.0 Å². The van der Waals surface area contributed by atoms with Crippen LogP contribution in [0.2, 0.25) is 0 Å². The van der Waals surface area contributed by atoms with Gasteiger partial charge in [-0.3, -0.25) is 0 Å². The van der Waals surface area contributed by atoms with E-state index in [2.05, 4.69) is 92.6 Å². The molecule has 3 rings (SSSR count). The van der Waals surface area contributed by atoms with E-state index in [1.807, 2.05) is 0 Å². The monoisotopic (exact) mass is 407 g/mol. The summed E-state index contributed by atoms with van der Waals surface area (Å²) in [6, 6.07) is 18.2. The fourth-order valence-electron chi connectivity index (χ4n) is 3.03. The fraction of sp³-hybridized carbons (Fsp3) is 0.333. The molecular formula is C18H19Br2N. The molecular weight excluding hydrogens is 390 g/mol. The summed E-state index contributed by atoms with van der Waals surface area (Å²) in [4.78, 5) is 0. The molecule has 0 saturated heterocycles. The molecule has 1 saturated carbocycles. The van der Waals surface area contributed by atoms with Gasteiger partial charge in [-0.15, -0.1) is 0 Å². The molecule has 1 aliphatic carbocycles. The maximum Gasteiger partial charge on any atom is 0.0305 e. The first-order valence-electron chi connectivity index (χ1n) is 7.39. The zero-order valence-electron chi connectivity index (χ0n) is 12.0. The van der Waals surface area contributed by atoms with Gasteiger partial charge in [-0.2, -0.15) is 0 Å². The quantitative estimate of drug-likeness (QED) is 0.673. The Morgan fingerprint density at radius 3 is 2.33 bits per heavy atom. The summed E-state index contributed by atoms with van der Waals surface area (Å²) >= 11 is 7.13. The highest BCUT2D eigenvalue weighted by Gasteiger charge is 2.31. The Labute approximate surface area is 143 Å². The van der Waals surface area contributed by atoms with Crippen molar-refractivity contribution in [3.8, 4) is 0 Å². The van der Waals surface area contributed by atoms with E-state index in [1.165, 1.54) is 28.4 Å². The molecule has 21 heavy (non-hydrogen) atoms. The van der Waals surface area contributed by atoms with E-state index in [-0.39, 0.29) is 0 Å². The van der Waals surface area contributed by atoms with Crippen LogP contribution in [0.25, 0.3) is 0 Å². The van der Waals surface area contributed by atoms with E-state index in [0.717, 1.165) is 4.47 Å². The van der Waals surface area contributed by atoms with Gasteiger partial charge in [0.05, 0.1) is 0 Å². The molecule has 1 N–H and O–H groups in total. The Kier molecular flexibility index (Phi) is 4.82. The Morgan fingerprint density at radius 1 is 1.00 bits per heavy atom. The van der Waals surface area contributed by atoms with Gasteiger partial charge < -0.3 is 5.32 Å². The molecule has 0 heterocycles. The summed E-state index contributed by atoms with van der Waals surface area (Å²) in [5, 5.41) is 3.75. The fourth-order valence-corrected chi connectivity index (χ4v) is 3.92. The number of benzene rings is 2. The standard InChI is InChI=1S/C18H19Br2N/c1-12(17-4-2-3-5-18(17)20)21-16-10-14(11-16)13-6-8-15(19)9-7-13/h2-9,12,14,16,21H,10-11H2,1H3. The van der Waals surface area contributed by atoms with Crippen LogP contribution in [0.15, 0.2) is 57.5 Å². The van der Waals surface area contributed by atoms with Gasteiger partial charge in [-0.1, -0.05) is 62.2 Å². The second-order valence-electron chi connectivity index (χ2n) is 5.83. The van der Waals surface area contributed by atoms with Crippen LogP contribution in [0, 0.1) is 0 Å². The van der Waals surface area contributed by atoms with Crippen molar-refractivity contribution in [2.75, 3.05) is 0 Å². The summed E-state index contributed by atoms with van der Waals surface area (Å²) in [5.41, 5.74) is 2.80. The lowest BCUT2D eigenvalue weighted by molar-refractivity contribution is 0.270. The summed E-state index contributed by atoms with van der Waals surface area (Å²) in [7, 11) is 0. The minimum absolute atomic E-state index is 0.386. The summed E-state index contributed by atoms with van der Waals surface area (Å²) in [6.45, 7) is 2.24. The van der Waals surface area contributed by atoms with Crippen LogP contribution < -0.4 is 5.32 Å². The SMILES string of the molecule is CC(NC1CC(c2ccc(Br)cc2)C1)c1ccccc1Br. The van der Waals surface area contributed by atoms with Crippen molar-refractivity contribution in [3.63, 3.8) is 0 Å².